The standard InChI is InChI=1S/C10H9ClN2S2/c1-7-5-14-10(13-7)15-6-8-3-2-4-12-9(8)11/h2-5H,6H2,1H3. The molecule has 5 heteroatoms. The van der Waals surface area contributed by atoms with E-state index >= 15 is 0 Å². The highest BCUT2D eigenvalue weighted by atomic mass is 35.5. The van der Waals surface area contributed by atoms with Gasteiger partial charge in [0.25, 0.3) is 0 Å². The number of thiazole rings is 1. The number of thioether (sulfide) groups is 1. The van der Waals surface area contributed by atoms with Crippen molar-refractivity contribution in [3.05, 3.63) is 40.1 Å². The van der Waals surface area contributed by atoms with Gasteiger partial charge >= 0.3 is 0 Å². The molecule has 2 nitrogen and oxygen atoms in total. The number of halogens is 1. The molecule has 0 saturated heterocycles. The minimum absolute atomic E-state index is 0.582. The van der Waals surface area contributed by atoms with E-state index in [2.05, 4.69) is 9.97 Å². The first-order chi connectivity index (χ1) is 7.25. The van der Waals surface area contributed by atoms with Crippen LogP contribution in [0.3, 0.4) is 0 Å². The Kier molecular flexibility index (Phi) is 3.61. The van der Waals surface area contributed by atoms with Crippen LogP contribution in [0.5, 0.6) is 0 Å². The van der Waals surface area contributed by atoms with E-state index in [0.717, 1.165) is 21.3 Å². The van der Waals surface area contributed by atoms with Gasteiger partial charge in [-0.2, -0.15) is 0 Å². The highest BCUT2D eigenvalue weighted by molar-refractivity contribution is 8.00. The number of hydrogen-bond donors (Lipinski definition) is 0. The van der Waals surface area contributed by atoms with Crippen LogP contribution < -0.4 is 0 Å². The van der Waals surface area contributed by atoms with E-state index in [0.29, 0.717) is 5.15 Å². The highest BCUT2D eigenvalue weighted by Crippen LogP contribution is 2.27. The van der Waals surface area contributed by atoms with Crippen molar-refractivity contribution in [3.8, 4) is 0 Å². The smallest absolute Gasteiger partial charge is 0.150 e. The van der Waals surface area contributed by atoms with Crippen LogP contribution >= 0.6 is 34.7 Å². The number of aryl methyl sites for hydroxylation is 1. The predicted molar refractivity (Wildman–Crippen MR) is 65.7 cm³/mol. The second-order valence-electron chi connectivity index (χ2n) is 3.00. The van der Waals surface area contributed by atoms with Crippen molar-refractivity contribution in [2.75, 3.05) is 0 Å². The average Bonchev–Trinajstić information content (AvgIpc) is 2.63. The first-order valence-corrected chi connectivity index (χ1v) is 6.64. The summed E-state index contributed by atoms with van der Waals surface area (Å²) in [6, 6.07) is 3.89. The maximum absolute atomic E-state index is 5.95. The van der Waals surface area contributed by atoms with E-state index in [1.807, 2.05) is 24.4 Å². The molecule has 78 valence electrons. The van der Waals surface area contributed by atoms with Crippen LogP contribution in [0.4, 0.5) is 0 Å². The highest BCUT2D eigenvalue weighted by Gasteiger charge is 2.03. The third kappa shape index (κ3) is 2.93. The number of hydrogen-bond acceptors (Lipinski definition) is 4. The van der Waals surface area contributed by atoms with Gasteiger partial charge in [0, 0.05) is 23.0 Å². The molecular weight excluding hydrogens is 248 g/mol. The van der Waals surface area contributed by atoms with E-state index < -0.39 is 0 Å². The van der Waals surface area contributed by atoms with Crippen molar-refractivity contribution in [2.24, 2.45) is 0 Å². The lowest BCUT2D eigenvalue weighted by Gasteiger charge is -2.00. The first kappa shape index (κ1) is 10.9. The van der Waals surface area contributed by atoms with Gasteiger partial charge in [0.05, 0.1) is 0 Å². The zero-order valence-corrected chi connectivity index (χ0v) is 10.5. The van der Waals surface area contributed by atoms with Gasteiger partial charge in [0.1, 0.15) is 9.49 Å². The quantitative estimate of drug-likeness (QED) is 0.617. The zero-order chi connectivity index (χ0) is 10.7. The summed E-state index contributed by atoms with van der Waals surface area (Å²) < 4.78 is 1.08. The number of aromatic nitrogens is 2. The summed E-state index contributed by atoms with van der Waals surface area (Å²) in [5, 5.41) is 2.63. The van der Waals surface area contributed by atoms with E-state index in [4.69, 9.17) is 11.6 Å². The second-order valence-corrected chi connectivity index (χ2v) is 5.44. The molecule has 0 unspecified atom stereocenters. The van der Waals surface area contributed by atoms with Gasteiger partial charge in [-0.3, -0.25) is 0 Å². The van der Waals surface area contributed by atoms with Gasteiger partial charge in [-0.15, -0.1) is 11.3 Å². The van der Waals surface area contributed by atoms with Crippen LogP contribution in [0.2, 0.25) is 5.15 Å². The fraction of sp³-hybridized carbons (Fsp3) is 0.200. The molecule has 2 aromatic rings. The van der Waals surface area contributed by atoms with Crippen LogP contribution in [0.25, 0.3) is 0 Å². The van der Waals surface area contributed by atoms with E-state index in [1.54, 1.807) is 29.3 Å². The summed E-state index contributed by atoms with van der Waals surface area (Å²) in [7, 11) is 0. The van der Waals surface area contributed by atoms with Gasteiger partial charge in [0.15, 0.2) is 0 Å². The second kappa shape index (κ2) is 4.96. The lowest BCUT2D eigenvalue weighted by atomic mass is 10.3. The Bertz CT molecular complexity index is 456. The topological polar surface area (TPSA) is 25.8 Å². The summed E-state index contributed by atoms with van der Waals surface area (Å²) in [4.78, 5) is 8.41. The maximum atomic E-state index is 5.95. The molecule has 0 radical (unpaired) electrons. The molecule has 0 bridgehead atoms. The van der Waals surface area contributed by atoms with E-state index in [-0.39, 0.29) is 0 Å². The van der Waals surface area contributed by atoms with Gasteiger partial charge in [-0.1, -0.05) is 29.4 Å². The summed E-state index contributed by atoms with van der Waals surface area (Å²) in [5.41, 5.74) is 2.12. The fourth-order valence-electron chi connectivity index (χ4n) is 1.07. The Morgan fingerprint density at radius 3 is 3.07 bits per heavy atom. The molecule has 0 atom stereocenters. The van der Waals surface area contributed by atoms with Gasteiger partial charge < -0.3 is 0 Å². The zero-order valence-electron chi connectivity index (χ0n) is 8.11. The summed E-state index contributed by atoms with van der Waals surface area (Å²) >= 11 is 9.31. The molecular formula is C10H9ClN2S2. The Morgan fingerprint density at radius 1 is 1.53 bits per heavy atom. The van der Waals surface area contributed by atoms with E-state index in [1.165, 1.54) is 0 Å². The van der Waals surface area contributed by atoms with Gasteiger partial charge in [-0.05, 0) is 18.6 Å². The third-order valence-corrected chi connectivity index (χ3v) is 4.31. The molecule has 15 heavy (non-hydrogen) atoms. The minimum atomic E-state index is 0.582. The Hall–Kier alpha value is -0.580. The van der Waals surface area contributed by atoms with Crippen LogP contribution in [0.15, 0.2) is 28.0 Å². The lowest BCUT2D eigenvalue weighted by molar-refractivity contribution is 1.15. The monoisotopic (exact) mass is 256 g/mol. The van der Waals surface area contributed by atoms with Crippen LogP contribution in [-0.4, -0.2) is 9.97 Å². The van der Waals surface area contributed by atoms with Crippen LogP contribution in [-0.2, 0) is 5.75 Å². The molecule has 0 saturated carbocycles. The van der Waals surface area contributed by atoms with Gasteiger partial charge in [0.2, 0.25) is 0 Å². The largest absolute Gasteiger partial charge is 0.244 e. The molecule has 0 aliphatic heterocycles. The van der Waals surface area contributed by atoms with Crippen LogP contribution in [0.1, 0.15) is 11.3 Å². The lowest BCUT2D eigenvalue weighted by Crippen LogP contribution is -1.84. The fourth-order valence-corrected chi connectivity index (χ4v) is 3.17. The summed E-state index contributed by atoms with van der Waals surface area (Å²) in [6.45, 7) is 2.00. The van der Waals surface area contributed by atoms with Crippen LogP contribution in [0, 0.1) is 6.92 Å². The Balaban J connectivity index is 2.02. The number of rotatable bonds is 3. The normalized spacial score (nSPS) is 10.5. The van der Waals surface area contributed by atoms with Crippen molar-refractivity contribution in [2.45, 2.75) is 17.0 Å². The Morgan fingerprint density at radius 2 is 2.40 bits per heavy atom. The van der Waals surface area contributed by atoms with Gasteiger partial charge in [-0.25, -0.2) is 9.97 Å². The molecule has 0 spiro atoms. The molecule has 0 aliphatic carbocycles. The number of nitrogens with zero attached hydrogens (tertiary/aromatic N) is 2. The third-order valence-electron chi connectivity index (χ3n) is 1.79. The summed E-state index contributed by atoms with van der Waals surface area (Å²) in [6.07, 6.45) is 1.70. The molecule has 0 amide bonds. The number of pyridine rings is 1. The predicted octanol–water partition coefficient (Wildman–Crippen LogP) is 3.79. The molecule has 0 fully saturated rings. The van der Waals surface area contributed by atoms with Crippen molar-refractivity contribution in [1.29, 1.82) is 0 Å². The maximum Gasteiger partial charge on any atom is 0.150 e. The SMILES string of the molecule is Cc1csc(SCc2cccnc2Cl)n1. The van der Waals surface area contributed by atoms with Crippen molar-refractivity contribution in [3.63, 3.8) is 0 Å². The molecule has 2 rings (SSSR count). The minimum Gasteiger partial charge on any atom is -0.244 e. The summed E-state index contributed by atoms with van der Waals surface area (Å²) in [5.74, 6) is 0.819. The molecule has 0 N–H and O–H groups in total. The van der Waals surface area contributed by atoms with Crippen molar-refractivity contribution >= 4 is 34.7 Å². The van der Waals surface area contributed by atoms with Crippen molar-refractivity contribution in [1.82, 2.24) is 9.97 Å². The molecule has 2 aromatic heterocycles. The van der Waals surface area contributed by atoms with E-state index in [9.17, 15) is 0 Å². The molecule has 2 heterocycles. The molecule has 0 aromatic carbocycles. The molecule has 0 aliphatic rings. The average molecular weight is 257 g/mol. The van der Waals surface area contributed by atoms with Crippen molar-refractivity contribution < 1.29 is 0 Å². The first-order valence-electron chi connectivity index (χ1n) is 4.40. The Labute approximate surface area is 102 Å².